The number of amides is 2. The molecule has 244 valence electrons. The second-order valence-electron chi connectivity index (χ2n) is 12.9. The van der Waals surface area contributed by atoms with Crippen LogP contribution in [0.5, 0.6) is 5.75 Å². The van der Waals surface area contributed by atoms with E-state index in [1.165, 1.54) is 62.6 Å². The summed E-state index contributed by atoms with van der Waals surface area (Å²) in [4.78, 5) is 27.3. The summed E-state index contributed by atoms with van der Waals surface area (Å²) in [7, 11) is -8.71. The van der Waals surface area contributed by atoms with E-state index in [0.717, 1.165) is 5.56 Å². The maximum atomic E-state index is 15.3. The van der Waals surface area contributed by atoms with Crippen molar-refractivity contribution in [1.82, 2.24) is 5.32 Å². The molecule has 0 saturated heterocycles. The number of carbonyl (C=O) groups is 2. The Bertz CT molecular complexity index is 1670. The summed E-state index contributed by atoms with van der Waals surface area (Å²) in [6.45, 7) is 6.59. The lowest BCUT2D eigenvalue weighted by Crippen LogP contribution is -2.43. The number of anilines is 1. The van der Waals surface area contributed by atoms with E-state index >= 15 is 4.21 Å². The molecule has 45 heavy (non-hydrogen) atoms. The van der Waals surface area contributed by atoms with Gasteiger partial charge in [0.1, 0.15) is 5.75 Å². The summed E-state index contributed by atoms with van der Waals surface area (Å²) in [5, 5.41) is 4.59. The average Bonchev–Trinajstić information content (AvgIpc) is 3.00. The summed E-state index contributed by atoms with van der Waals surface area (Å²) in [6, 6.07) is 20.0. The molecule has 1 aliphatic carbocycles. The molecule has 0 aliphatic heterocycles. The normalized spacial score (nSPS) is 15.4. The van der Waals surface area contributed by atoms with Crippen LogP contribution in [-0.4, -0.2) is 53.5 Å². The molecule has 9 nitrogen and oxygen atoms in total. The van der Waals surface area contributed by atoms with Crippen molar-refractivity contribution in [3.63, 3.8) is 0 Å². The zero-order valence-corrected chi connectivity index (χ0v) is 28.0. The largest absolute Gasteiger partial charge is 0.493 e. The van der Waals surface area contributed by atoms with Gasteiger partial charge in [0.2, 0.25) is 0 Å². The van der Waals surface area contributed by atoms with Gasteiger partial charge in [-0.2, -0.15) is 8.42 Å². The maximum absolute atomic E-state index is 15.3. The van der Waals surface area contributed by atoms with E-state index in [2.05, 4.69) is 31.4 Å². The molecule has 0 heterocycles. The second-order valence-corrected chi connectivity index (χ2v) is 18.5. The van der Waals surface area contributed by atoms with Crippen molar-refractivity contribution >= 4 is 36.0 Å². The first-order valence-electron chi connectivity index (χ1n) is 15.2. The van der Waals surface area contributed by atoms with Crippen LogP contribution in [0.25, 0.3) is 0 Å². The van der Waals surface area contributed by atoms with Crippen LogP contribution >= 0.6 is 0 Å². The molecule has 3 aromatic carbocycles. The van der Waals surface area contributed by atoms with Gasteiger partial charge in [0.05, 0.1) is 12.4 Å². The number of rotatable bonds is 10. The predicted octanol–water partition coefficient (Wildman–Crippen LogP) is 6.66. The molecule has 2 amide bonds. The van der Waals surface area contributed by atoms with Gasteiger partial charge in [0, 0.05) is 42.9 Å². The van der Waals surface area contributed by atoms with Crippen LogP contribution in [0.15, 0.2) is 82.6 Å². The third-order valence-corrected chi connectivity index (χ3v) is 12.9. The molecular weight excluding hydrogens is 613 g/mol. The van der Waals surface area contributed by atoms with Gasteiger partial charge in [0.25, 0.3) is 21.3 Å². The standard InChI is InChI=1S/C34H44N2O7S2/c1-34(2,3)27-12-20-31(21-13-27)45(4,42,30-18-10-26(11-19-30)32(37)35-22-23-44(39,40)41)33(38)36-28-14-16-29(17-15-28)43-24-25-8-6-5-7-9-25/h10-21,25H,5-9,22-24H2,1-4H3,(H,35,37)(H,36,38)(H,39,40,41). The molecule has 4 rings (SSSR count). The van der Waals surface area contributed by atoms with Crippen LogP contribution in [0, 0.1) is 5.92 Å². The molecule has 11 heteroatoms. The van der Waals surface area contributed by atoms with E-state index in [1.807, 2.05) is 12.1 Å². The van der Waals surface area contributed by atoms with E-state index in [4.69, 9.17) is 9.29 Å². The monoisotopic (exact) mass is 656 g/mol. The van der Waals surface area contributed by atoms with Crippen LogP contribution in [0.3, 0.4) is 0 Å². The summed E-state index contributed by atoms with van der Waals surface area (Å²) >= 11 is 0. The molecule has 1 aliphatic rings. The van der Waals surface area contributed by atoms with Crippen LogP contribution in [0.1, 0.15) is 68.8 Å². The Kier molecular flexibility index (Phi) is 10.3. The fourth-order valence-corrected chi connectivity index (χ4v) is 8.41. The highest BCUT2D eigenvalue weighted by atomic mass is 32.3. The number of hydrogen-bond donors (Lipinski definition) is 3. The lowest BCUT2D eigenvalue weighted by molar-refractivity contribution is 0.0956. The van der Waals surface area contributed by atoms with Gasteiger partial charge in [-0.05, 0) is 90.4 Å². The minimum Gasteiger partial charge on any atom is -0.493 e. The summed E-state index contributed by atoms with van der Waals surface area (Å²) in [5.74, 6) is 0.0634. The van der Waals surface area contributed by atoms with E-state index in [0.29, 0.717) is 28.9 Å². The summed E-state index contributed by atoms with van der Waals surface area (Å²) < 4.78 is 52.2. The molecule has 0 spiro atoms. The fraction of sp³-hybridized carbons (Fsp3) is 0.412. The Labute approximate surface area is 266 Å². The van der Waals surface area contributed by atoms with E-state index in [9.17, 15) is 18.0 Å². The van der Waals surface area contributed by atoms with Gasteiger partial charge in [-0.3, -0.25) is 18.4 Å². The lowest BCUT2D eigenvalue weighted by atomic mass is 9.87. The van der Waals surface area contributed by atoms with E-state index in [-0.39, 0.29) is 22.4 Å². The van der Waals surface area contributed by atoms with Gasteiger partial charge in [0.15, 0.2) is 0 Å². The van der Waals surface area contributed by atoms with Crippen molar-refractivity contribution in [3.05, 3.63) is 83.9 Å². The van der Waals surface area contributed by atoms with Crippen molar-refractivity contribution in [2.45, 2.75) is 68.1 Å². The SMILES string of the molecule is CC(C)(C)c1ccc(S(C)(=O)(C(=O)Nc2ccc(OCC3CCCCC3)cc2)c2ccc(C(=O)NCCS(=O)(=O)O)cc2)cc1. The third-order valence-electron chi connectivity index (χ3n) is 8.38. The van der Waals surface area contributed by atoms with Gasteiger partial charge >= 0.3 is 0 Å². The number of benzene rings is 3. The fourth-order valence-electron chi connectivity index (χ4n) is 5.41. The van der Waals surface area contributed by atoms with Crippen LogP contribution in [0.2, 0.25) is 0 Å². The highest BCUT2D eigenvalue weighted by molar-refractivity contribution is 8.31. The summed E-state index contributed by atoms with van der Waals surface area (Å²) in [6.07, 6.45) is 7.55. The average molecular weight is 657 g/mol. The highest BCUT2D eigenvalue weighted by Crippen LogP contribution is 2.43. The first-order chi connectivity index (χ1) is 21.1. The third kappa shape index (κ3) is 8.39. The van der Waals surface area contributed by atoms with E-state index < -0.39 is 36.1 Å². The zero-order chi connectivity index (χ0) is 32.9. The number of nitrogens with one attached hydrogen (secondary N) is 2. The number of hydrogen-bond acceptors (Lipinski definition) is 6. The molecular formula is C34H44N2O7S2. The Morgan fingerprint density at radius 1 is 0.889 bits per heavy atom. The first-order valence-corrected chi connectivity index (χ1v) is 19.2. The van der Waals surface area contributed by atoms with Gasteiger partial charge < -0.3 is 15.4 Å². The van der Waals surface area contributed by atoms with Crippen LogP contribution < -0.4 is 15.4 Å². The zero-order valence-electron chi connectivity index (χ0n) is 26.4. The molecule has 0 unspecified atom stereocenters. The Morgan fingerprint density at radius 3 is 1.98 bits per heavy atom. The molecule has 3 aromatic rings. The van der Waals surface area contributed by atoms with Crippen LogP contribution in [0.4, 0.5) is 10.5 Å². The quantitative estimate of drug-likeness (QED) is 0.207. The Hall–Kier alpha value is -3.54. The molecule has 1 saturated carbocycles. The predicted molar refractivity (Wildman–Crippen MR) is 178 cm³/mol. The number of ether oxygens (including phenoxy) is 1. The lowest BCUT2D eigenvalue weighted by Gasteiger charge is -2.38. The van der Waals surface area contributed by atoms with Crippen molar-refractivity contribution in [3.8, 4) is 5.75 Å². The highest BCUT2D eigenvalue weighted by Gasteiger charge is 2.44. The first kappa shape index (κ1) is 34.3. The van der Waals surface area contributed by atoms with Gasteiger partial charge in [-0.15, -0.1) is 0 Å². The minimum absolute atomic E-state index is 0.156. The Morgan fingerprint density at radius 2 is 1.44 bits per heavy atom. The molecule has 0 radical (unpaired) electrons. The summed E-state index contributed by atoms with van der Waals surface area (Å²) in [5.41, 5.74) is 1.50. The second kappa shape index (κ2) is 13.4. The molecule has 0 aromatic heterocycles. The molecule has 0 bridgehead atoms. The molecule has 1 fully saturated rings. The van der Waals surface area contributed by atoms with Crippen molar-refractivity contribution in [2.75, 3.05) is 30.5 Å². The van der Waals surface area contributed by atoms with Crippen molar-refractivity contribution in [1.29, 1.82) is 0 Å². The topological polar surface area (TPSA) is 139 Å². The number of carbonyl (C=O) groups excluding carboxylic acids is 2. The van der Waals surface area contributed by atoms with E-state index in [1.54, 1.807) is 36.4 Å². The van der Waals surface area contributed by atoms with Gasteiger partial charge in [-0.25, -0.2) is 0 Å². The smallest absolute Gasteiger partial charge is 0.300 e. The molecule has 0 atom stereocenters. The van der Waals surface area contributed by atoms with Gasteiger partial charge in [-0.1, -0.05) is 52.2 Å². The maximum Gasteiger partial charge on any atom is 0.300 e. The van der Waals surface area contributed by atoms with Crippen molar-refractivity contribution in [2.24, 2.45) is 5.92 Å². The van der Waals surface area contributed by atoms with Crippen LogP contribution in [-0.2, 0) is 24.6 Å². The van der Waals surface area contributed by atoms with Crippen molar-refractivity contribution < 1.29 is 31.5 Å². The Balaban J connectivity index is 1.60. The minimum atomic E-state index is -4.48. The molecule has 3 N–H and O–H groups in total.